The van der Waals surface area contributed by atoms with Crippen LogP contribution in [0.2, 0.25) is 0 Å². The first kappa shape index (κ1) is 7.52. The van der Waals surface area contributed by atoms with Crippen molar-refractivity contribution in [3.05, 3.63) is 11.6 Å². The SMILES string of the molecule is C[C@@H]1C=C(C=O)CC[C@H]1C. The highest BCUT2D eigenvalue weighted by Crippen LogP contribution is 2.26. The molecule has 0 fully saturated rings. The highest BCUT2D eigenvalue weighted by atomic mass is 16.1. The van der Waals surface area contributed by atoms with E-state index < -0.39 is 0 Å². The maximum Gasteiger partial charge on any atom is 0.145 e. The van der Waals surface area contributed by atoms with E-state index in [0.29, 0.717) is 5.92 Å². The van der Waals surface area contributed by atoms with E-state index in [1.54, 1.807) is 0 Å². The van der Waals surface area contributed by atoms with Crippen LogP contribution < -0.4 is 0 Å². The second-order valence-electron chi connectivity index (χ2n) is 3.23. The summed E-state index contributed by atoms with van der Waals surface area (Å²) in [6.07, 6.45) is 5.24. The standard InChI is InChI=1S/C9H14O/c1-7-3-4-9(6-10)5-8(7)2/h5-8H,3-4H2,1-2H3/t7-,8-/m1/s1. The van der Waals surface area contributed by atoms with Gasteiger partial charge in [-0.1, -0.05) is 19.9 Å². The molecule has 1 nitrogen and oxygen atoms in total. The number of aldehydes is 1. The molecule has 0 aliphatic heterocycles. The number of hydrogen-bond donors (Lipinski definition) is 0. The van der Waals surface area contributed by atoms with Crippen molar-refractivity contribution in [3.63, 3.8) is 0 Å². The fourth-order valence-corrected chi connectivity index (χ4v) is 1.34. The molecule has 1 aliphatic carbocycles. The summed E-state index contributed by atoms with van der Waals surface area (Å²) in [7, 11) is 0. The van der Waals surface area contributed by atoms with Crippen molar-refractivity contribution < 1.29 is 4.79 Å². The van der Waals surface area contributed by atoms with Crippen LogP contribution in [0, 0.1) is 11.8 Å². The fourth-order valence-electron chi connectivity index (χ4n) is 1.34. The van der Waals surface area contributed by atoms with Crippen molar-refractivity contribution in [3.8, 4) is 0 Å². The van der Waals surface area contributed by atoms with Gasteiger partial charge in [0.15, 0.2) is 0 Å². The summed E-state index contributed by atoms with van der Waals surface area (Å²) in [5, 5.41) is 0. The van der Waals surface area contributed by atoms with Crippen molar-refractivity contribution in [2.24, 2.45) is 11.8 Å². The maximum absolute atomic E-state index is 10.3. The molecular formula is C9H14O. The molecule has 0 saturated heterocycles. The molecule has 1 heteroatoms. The lowest BCUT2D eigenvalue weighted by molar-refractivity contribution is -0.105. The molecule has 0 bridgehead atoms. The number of carbonyl (C=O) groups is 1. The molecule has 10 heavy (non-hydrogen) atoms. The fraction of sp³-hybridized carbons (Fsp3) is 0.667. The Hall–Kier alpha value is -0.590. The molecule has 0 saturated carbocycles. The van der Waals surface area contributed by atoms with Crippen LogP contribution in [-0.2, 0) is 4.79 Å². The van der Waals surface area contributed by atoms with E-state index in [2.05, 4.69) is 19.9 Å². The third-order valence-electron chi connectivity index (χ3n) is 2.41. The smallest absolute Gasteiger partial charge is 0.145 e. The van der Waals surface area contributed by atoms with Gasteiger partial charge in [-0.05, 0) is 30.3 Å². The van der Waals surface area contributed by atoms with Crippen LogP contribution in [0.5, 0.6) is 0 Å². The van der Waals surface area contributed by atoms with Crippen molar-refractivity contribution in [1.29, 1.82) is 0 Å². The second-order valence-corrected chi connectivity index (χ2v) is 3.23. The summed E-state index contributed by atoms with van der Waals surface area (Å²) >= 11 is 0. The van der Waals surface area contributed by atoms with E-state index in [1.165, 1.54) is 6.42 Å². The minimum atomic E-state index is 0.592. The van der Waals surface area contributed by atoms with Gasteiger partial charge in [-0.3, -0.25) is 4.79 Å². The monoisotopic (exact) mass is 138 g/mol. The third-order valence-corrected chi connectivity index (χ3v) is 2.41. The number of hydrogen-bond acceptors (Lipinski definition) is 1. The zero-order valence-corrected chi connectivity index (χ0v) is 6.63. The maximum atomic E-state index is 10.3. The lowest BCUT2D eigenvalue weighted by Crippen LogP contribution is -2.11. The molecule has 0 heterocycles. The molecule has 1 aliphatic rings. The molecule has 2 atom stereocenters. The van der Waals surface area contributed by atoms with Gasteiger partial charge in [0.2, 0.25) is 0 Å². The van der Waals surface area contributed by atoms with Gasteiger partial charge in [-0.25, -0.2) is 0 Å². The van der Waals surface area contributed by atoms with E-state index >= 15 is 0 Å². The first-order valence-corrected chi connectivity index (χ1v) is 3.90. The molecule has 0 amide bonds. The average molecular weight is 138 g/mol. The highest BCUT2D eigenvalue weighted by molar-refractivity contribution is 5.73. The minimum Gasteiger partial charge on any atom is -0.298 e. The Labute approximate surface area is 62.1 Å². The Balaban J connectivity index is 2.65. The van der Waals surface area contributed by atoms with Gasteiger partial charge in [0.25, 0.3) is 0 Å². The summed E-state index contributed by atoms with van der Waals surface area (Å²) in [4.78, 5) is 10.3. The van der Waals surface area contributed by atoms with E-state index in [1.807, 2.05) is 0 Å². The Morgan fingerprint density at radius 2 is 2.30 bits per heavy atom. The van der Waals surface area contributed by atoms with E-state index in [0.717, 1.165) is 24.2 Å². The number of allylic oxidation sites excluding steroid dienone is 2. The largest absolute Gasteiger partial charge is 0.298 e. The molecule has 56 valence electrons. The topological polar surface area (TPSA) is 17.1 Å². The molecular weight excluding hydrogens is 124 g/mol. The van der Waals surface area contributed by atoms with Crippen LogP contribution in [-0.4, -0.2) is 6.29 Å². The highest BCUT2D eigenvalue weighted by Gasteiger charge is 2.15. The molecule has 0 spiro atoms. The van der Waals surface area contributed by atoms with Crippen molar-refractivity contribution in [2.75, 3.05) is 0 Å². The third kappa shape index (κ3) is 1.47. The van der Waals surface area contributed by atoms with E-state index in [4.69, 9.17) is 0 Å². The number of rotatable bonds is 1. The predicted octanol–water partition coefficient (Wildman–Crippen LogP) is 2.18. The summed E-state index contributed by atoms with van der Waals surface area (Å²) in [6, 6.07) is 0. The van der Waals surface area contributed by atoms with Crippen LogP contribution in [0.3, 0.4) is 0 Å². The van der Waals surface area contributed by atoms with Crippen LogP contribution >= 0.6 is 0 Å². The lowest BCUT2D eigenvalue weighted by Gasteiger charge is -2.21. The van der Waals surface area contributed by atoms with E-state index in [-0.39, 0.29) is 0 Å². The zero-order valence-electron chi connectivity index (χ0n) is 6.63. The molecule has 1 rings (SSSR count). The Morgan fingerprint density at radius 1 is 1.60 bits per heavy atom. The number of carbonyl (C=O) groups excluding carboxylic acids is 1. The summed E-state index contributed by atoms with van der Waals surface area (Å²) in [5.74, 6) is 1.35. The Morgan fingerprint density at radius 3 is 2.80 bits per heavy atom. The van der Waals surface area contributed by atoms with Gasteiger partial charge in [-0.2, -0.15) is 0 Å². The quantitative estimate of drug-likeness (QED) is 0.507. The van der Waals surface area contributed by atoms with Gasteiger partial charge >= 0.3 is 0 Å². The van der Waals surface area contributed by atoms with Crippen LogP contribution in [0.15, 0.2) is 11.6 Å². The van der Waals surface area contributed by atoms with Crippen LogP contribution in [0.25, 0.3) is 0 Å². The summed E-state index contributed by atoms with van der Waals surface area (Å²) < 4.78 is 0. The molecule has 0 N–H and O–H groups in total. The Bertz CT molecular complexity index is 158. The van der Waals surface area contributed by atoms with E-state index in [9.17, 15) is 4.79 Å². The second kappa shape index (κ2) is 3.00. The van der Waals surface area contributed by atoms with Gasteiger partial charge < -0.3 is 0 Å². The van der Waals surface area contributed by atoms with Gasteiger partial charge in [0.05, 0.1) is 0 Å². The summed E-state index contributed by atoms with van der Waals surface area (Å²) in [6.45, 7) is 4.41. The minimum absolute atomic E-state index is 0.592. The van der Waals surface area contributed by atoms with Crippen molar-refractivity contribution >= 4 is 6.29 Å². The van der Waals surface area contributed by atoms with Gasteiger partial charge in [-0.15, -0.1) is 0 Å². The average Bonchev–Trinajstić information content (AvgIpc) is 1.95. The predicted molar refractivity (Wildman–Crippen MR) is 41.7 cm³/mol. The lowest BCUT2D eigenvalue weighted by atomic mass is 9.83. The van der Waals surface area contributed by atoms with Crippen molar-refractivity contribution in [1.82, 2.24) is 0 Å². The normalized spacial score (nSPS) is 33.2. The first-order valence-electron chi connectivity index (χ1n) is 3.90. The van der Waals surface area contributed by atoms with Gasteiger partial charge in [0, 0.05) is 0 Å². The first-order chi connectivity index (χ1) is 4.74. The van der Waals surface area contributed by atoms with Crippen LogP contribution in [0.4, 0.5) is 0 Å². The van der Waals surface area contributed by atoms with Gasteiger partial charge in [0.1, 0.15) is 6.29 Å². The Kier molecular flexibility index (Phi) is 2.25. The molecule has 0 radical (unpaired) electrons. The molecule has 0 aromatic heterocycles. The molecule has 0 aromatic carbocycles. The zero-order chi connectivity index (χ0) is 7.56. The molecule has 0 aromatic rings. The van der Waals surface area contributed by atoms with Crippen LogP contribution in [0.1, 0.15) is 26.7 Å². The molecule has 0 unspecified atom stereocenters. The summed E-state index contributed by atoms with van der Waals surface area (Å²) in [5.41, 5.74) is 0.991. The van der Waals surface area contributed by atoms with Crippen molar-refractivity contribution in [2.45, 2.75) is 26.7 Å².